The number of anilines is 1. The van der Waals surface area contributed by atoms with Gasteiger partial charge in [0, 0.05) is 11.4 Å². The molecule has 1 N–H and O–H groups in total. The number of para-hydroxylation sites is 1. The van der Waals surface area contributed by atoms with E-state index in [4.69, 9.17) is 11.6 Å². The van der Waals surface area contributed by atoms with Crippen molar-refractivity contribution in [1.29, 1.82) is 0 Å². The maximum Gasteiger partial charge on any atom is 0.128 e. The third-order valence-corrected chi connectivity index (χ3v) is 3.94. The topological polar surface area (TPSA) is 24.9 Å². The van der Waals surface area contributed by atoms with E-state index >= 15 is 0 Å². The highest BCUT2D eigenvalue weighted by Gasteiger charge is 2.14. The molecule has 2 nitrogen and oxygen atoms in total. The average Bonchev–Trinajstić information content (AvgIpc) is 2.40. The van der Waals surface area contributed by atoms with Gasteiger partial charge in [0.1, 0.15) is 5.82 Å². The molecule has 1 aliphatic carbocycles. The summed E-state index contributed by atoms with van der Waals surface area (Å²) >= 11 is 6.30. The predicted molar refractivity (Wildman–Crippen MR) is 77.2 cm³/mol. The van der Waals surface area contributed by atoms with Gasteiger partial charge in [0.05, 0.1) is 10.5 Å². The van der Waals surface area contributed by atoms with Crippen LogP contribution in [0.5, 0.6) is 0 Å². The lowest BCUT2D eigenvalue weighted by molar-refractivity contribution is 0.462. The smallest absolute Gasteiger partial charge is 0.128 e. The number of rotatable bonds is 2. The van der Waals surface area contributed by atoms with E-state index in [2.05, 4.69) is 10.3 Å². The second-order valence-corrected chi connectivity index (χ2v) is 5.39. The molecule has 0 aliphatic heterocycles. The summed E-state index contributed by atoms with van der Waals surface area (Å²) in [6, 6.07) is 10.5. The summed E-state index contributed by atoms with van der Waals surface area (Å²) in [6.07, 6.45) is 6.49. The monoisotopic (exact) mass is 260 g/mol. The van der Waals surface area contributed by atoms with Crippen LogP contribution in [0.4, 0.5) is 5.82 Å². The van der Waals surface area contributed by atoms with Crippen LogP contribution >= 0.6 is 11.6 Å². The van der Waals surface area contributed by atoms with Gasteiger partial charge in [-0.25, -0.2) is 4.98 Å². The van der Waals surface area contributed by atoms with Crippen molar-refractivity contribution in [1.82, 2.24) is 4.98 Å². The second kappa shape index (κ2) is 5.15. The molecule has 0 bridgehead atoms. The first kappa shape index (κ1) is 11.8. The first-order chi connectivity index (χ1) is 8.83. The molecule has 1 saturated carbocycles. The summed E-state index contributed by atoms with van der Waals surface area (Å²) in [7, 11) is 0. The molecule has 0 radical (unpaired) electrons. The van der Waals surface area contributed by atoms with Crippen molar-refractivity contribution in [2.24, 2.45) is 0 Å². The Kier molecular flexibility index (Phi) is 3.37. The standard InChI is InChI=1S/C15H17ClN2/c16-13-10-15(17-11-6-2-1-3-7-11)18-14-9-5-4-8-12(13)14/h4-5,8-11H,1-3,6-7H2,(H,17,18). The molecule has 1 fully saturated rings. The first-order valence-corrected chi connectivity index (χ1v) is 7.02. The Bertz CT molecular complexity index is 547. The number of halogens is 1. The summed E-state index contributed by atoms with van der Waals surface area (Å²) in [5.41, 5.74) is 0.961. The maximum atomic E-state index is 6.30. The lowest BCUT2D eigenvalue weighted by Crippen LogP contribution is -2.22. The zero-order chi connectivity index (χ0) is 12.4. The average molecular weight is 261 g/mol. The van der Waals surface area contributed by atoms with E-state index in [-0.39, 0.29) is 0 Å². The molecular weight excluding hydrogens is 244 g/mol. The number of hydrogen-bond acceptors (Lipinski definition) is 2. The van der Waals surface area contributed by atoms with Crippen LogP contribution in [0.25, 0.3) is 10.9 Å². The Morgan fingerprint density at radius 3 is 2.72 bits per heavy atom. The molecule has 0 spiro atoms. The number of fused-ring (bicyclic) bond motifs is 1. The summed E-state index contributed by atoms with van der Waals surface area (Å²) in [5.74, 6) is 0.908. The van der Waals surface area contributed by atoms with E-state index in [9.17, 15) is 0 Å². The van der Waals surface area contributed by atoms with E-state index in [1.54, 1.807) is 0 Å². The normalized spacial score (nSPS) is 16.9. The first-order valence-electron chi connectivity index (χ1n) is 6.65. The van der Waals surface area contributed by atoms with Crippen molar-refractivity contribution in [3.8, 4) is 0 Å². The fourth-order valence-corrected chi connectivity index (χ4v) is 2.93. The number of nitrogens with zero attached hydrogens (tertiary/aromatic N) is 1. The number of hydrogen-bond donors (Lipinski definition) is 1. The lowest BCUT2D eigenvalue weighted by atomic mass is 9.95. The summed E-state index contributed by atoms with van der Waals surface area (Å²) in [4.78, 5) is 4.63. The number of benzene rings is 1. The molecule has 1 aromatic heterocycles. The van der Waals surface area contributed by atoms with Crippen LogP contribution in [-0.4, -0.2) is 11.0 Å². The van der Waals surface area contributed by atoms with Crippen LogP contribution in [0.2, 0.25) is 5.02 Å². The van der Waals surface area contributed by atoms with Crippen LogP contribution < -0.4 is 5.32 Å². The highest BCUT2D eigenvalue weighted by Crippen LogP contribution is 2.27. The van der Waals surface area contributed by atoms with E-state index in [0.717, 1.165) is 21.7 Å². The van der Waals surface area contributed by atoms with Crippen molar-refractivity contribution in [3.63, 3.8) is 0 Å². The van der Waals surface area contributed by atoms with Crippen LogP contribution in [0, 0.1) is 0 Å². The Morgan fingerprint density at radius 1 is 1.11 bits per heavy atom. The third-order valence-electron chi connectivity index (χ3n) is 3.62. The zero-order valence-corrected chi connectivity index (χ0v) is 11.1. The van der Waals surface area contributed by atoms with Gasteiger partial charge in [0.2, 0.25) is 0 Å². The molecule has 1 aromatic carbocycles. The van der Waals surface area contributed by atoms with Gasteiger partial charge in [-0.2, -0.15) is 0 Å². The number of pyridine rings is 1. The molecule has 0 unspecified atom stereocenters. The molecule has 1 aliphatic rings. The molecule has 0 atom stereocenters. The number of nitrogens with one attached hydrogen (secondary N) is 1. The summed E-state index contributed by atoms with van der Waals surface area (Å²) in [5, 5.41) is 5.32. The fourth-order valence-electron chi connectivity index (χ4n) is 2.66. The van der Waals surface area contributed by atoms with Gasteiger partial charge < -0.3 is 5.32 Å². The quantitative estimate of drug-likeness (QED) is 0.851. The SMILES string of the molecule is Clc1cc(NC2CCCCC2)nc2ccccc12. The van der Waals surface area contributed by atoms with Crippen LogP contribution in [0.1, 0.15) is 32.1 Å². The van der Waals surface area contributed by atoms with Crippen molar-refractivity contribution < 1.29 is 0 Å². The molecule has 1 heterocycles. The van der Waals surface area contributed by atoms with Crippen molar-refractivity contribution in [3.05, 3.63) is 35.4 Å². The van der Waals surface area contributed by atoms with Crippen LogP contribution in [0.3, 0.4) is 0 Å². The molecule has 18 heavy (non-hydrogen) atoms. The Balaban J connectivity index is 1.87. The summed E-state index contributed by atoms with van der Waals surface area (Å²) < 4.78 is 0. The minimum absolute atomic E-state index is 0.559. The van der Waals surface area contributed by atoms with Gasteiger partial charge in [0.25, 0.3) is 0 Å². The van der Waals surface area contributed by atoms with Gasteiger partial charge in [0.15, 0.2) is 0 Å². The zero-order valence-electron chi connectivity index (χ0n) is 10.3. The highest BCUT2D eigenvalue weighted by molar-refractivity contribution is 6.35. The van der Waals surface area contributed by atoms with Gasteiger partial charge in [-0.05, 0) is 25.0 Å². The third kappa shape index (κ3) is 2.44. The minimum atomic E-state index is 0.559. The van der Waals surface area contributed by atoms with Crippen LogP contribution in [0.15, 0.2) is 30.3 Å². The van der Waals surface area contributed by atoms with Crippen molar-refractivity contribution >= 4 is 28.3 Å². The van der Waals surface area contributed by atoms with E-state index in [1.807, 2.05) is 30.3 Å². The van der Waals surface area contributed by atoms with Gasteiger partial charge in [-0.3, -0.25) is 0 Å². The molecule has 0 amide bonds. The van der Waals surface area contributed by atoms with Gasteiger partial charge in [-0.1, -0.05) is 49.1 Å². The maximum absolute atomic E-state index is 6.30. The Hall–Kier alpha value is -1.28. The van der Waals surface area contributed by atoms with E-state index < -0.39 is 0 Å². The largest absolute Gasteiger partial charge is 0.367 e. The number of aromatic nitrogens is 1. The molecule has 3 heteroatoms. The highest BCUT2D eigenvalue weighted by atomic mass is 35.5. The molecule has 94 valence electrons. The van der Waals surface area contributed by atoms with Gasteiger partial charge >= 0.3 is 0 Å². The van der Waals surface area contributed by atoms with Crippen molar-refractivity contribution in [2.45, 2.75) is 38.1 Å². The fraction of sp³-hybridized carbons (Fsp3) is 0.400. The molecular formula is C15H17ClN2. The second-order valence-electron chi connectivity index (χ2n) is 4.99. The molecule has 3 rings (SSSR count). The van der Waals surface area contributed by atoms with E-state index in [1.165, 1.54) is 32.1 Å². The van der Waals surface area contributed by atoms with Gasteiger partial charge in [-0.15, -0.1) is 0 Å². The summed E-state index contributed by atoms with van der Waals surface area (Å²) in [6.45, 7) is 0. The van der Waals surface area contributed by atoms with E-state index in [0.29, 0.717) is 6.04 Å². The predicted octanol–water partition coefficient (Wildman–Crippen LogP) is 4.63. The molecule has 2 aromatic rings. The Labute approximate surface area is 112 Å². The minimum Gasteiger partial charge on any atom is -0.367 e. The lowest BCUT2D eigenvalue weighted by Gasteiger charge is -2.23. The molecule has 0 saturated heterocycles. The van der Waals surface area contributed by atoms with Crippen LogP contribution in [-0.2, 0) is 0 Å². The Morgan fingerprint density at radius 2 is 1.89 bits per heavy atom. The van der Waals surface area contributed by atoms with Crippen molar-refractivity contribution in [2.75, 3.05) is 5.32 Å².